The van der Waals surface area contributed by atoms with Crippen LogP contribution in [0.2, 0.25) is 0 Å². The van der Waals surface area contributed by atoms with Gasteiger partial charge in [0.1, 0.15) is 0 Å². The number of rotatable bonds is 9. The molecule has 0 saturated heterocycles. The van der Waals surface area contributed by atoms with Crippen LogP contribution in [0.4, 0.5) is 0 Å². The Morgan fingerprint density at radius 2 is 1.46 bits per heavy atom. The average molecular weight is 381 g/mol. The lowest BCUT2D eigenvalue weighted by atomic mass is 9.98. The number of benzene rings is 2. The summed E-state index contributed by atoms with van der Waals surface area (Å²) in [6.07, 6.45) is 0.592. The van der Waals surface area contributed by atoms with Crippen molar-refractivity contribution < 1.29 is 24.6 Å². The molecular formula is C22H23NO5. The molecule has 1 unspecified atom stereocenters. The first-order valence-electron chi connectivity index (χ1n) is 9.30. The van der Waals surface area contributed by atoms with Crippen LogP contribution in [-0.2, 0) is 14.4 Å². The molecule has 1 amide bonds. The molecule has 1 fully saturated rings. The summed E-state index contributed by atoms with van der Waals surface area (Å²) >= 11 is 0. The first kappa shape index (κ1) is 19.6. The van der Waals surface area contributed by atoms with E-state index in [1.807, 2.05) is 54.6 Å². The van der Waals surface area contributed by atoms with E-state index in [9.17, 15) is 14.4 Å². The van der Waals surface area contributed by atoms with E-state index in [1.165, 1.54) is 0 Å². The number of aliphatic carboxylic acids is 2. The fourth-order valence-electron chi connectivity index (χ4n) is 3.65. The predicted molar refractivity (Wildman–Crippen MR) is 104 cm³/mol. The number of hydrogen-bond donors (Lipinski definition) is 3. The van der Waals surface area contributed by atoms with Crippen LogP contribution in [0.3, 0.4) is 0 Å². The molecule has 0 bridgehead atoms. The third-order valence-corrected chi connectivity index (χ3v) is 5.23. The molecule has 2 aromatic carbocycles. The Labute approximate surface area is 163 Å². The zero-order valence-corrected chi connectivity index (χ0v) is 15.4. The SMILES string of the molecule is O=C(O)CCC(=O)NC1(CCC(=O)O)C[C@@H]1c1ccc(-c2ccccc2)cc1. The van der Waals surface area contributed by atoms with Gasteiger partial charge in [-0.15, -0.1) is 0 Å². The molecule has 0 aliphatic heterocycles. The largest absolute Gasteiger partial charge is 0.481 e. The van der Waals surface area contributed by atoms with Gasteiger partial charge in [0.2, 0.25) is 5.91 Å². The van der Waals surface area contributed by atoms with Crippen molar-refractivity contribution in [1.29, 1.82) is 0 Å². The lowest BCUT2D eigenvalue weighted by molar-refractivity contribution is -0.139. The van der Waals surface area contributed by atoms with Crippen LogP contribution in [0.25, 0.3) is 11.1 Å². The lowest BCUT2D eigenvalue weighted by Gasteiger charge is -2.19. The second-order valence-electron chi connectivity index (χ2n) is 7.24. The maximum atomic E-state index is 12.1. The Kier molecular flexibility index (Phi) is 5.78. The minimum absolute atomic E-state index is 0.0328. The zero-order valence-electron chi connectivity index (χ0n) is 15.4. The second kappa shape index (κ2) is 8.25. The van der Waals surface area contributed by atoms with E-state index < -0.39 is 17.5 Å². The van der Waals surface area contributed by atoms with Crippen molar-refractivity contribution in [3.05, 3.63) is 60.2 Å². The molecule has 0 spiro atoms. The van der Waals surface area contributed by atoms with Gasteiger partial charge in [0.05, 0.1) is 6.42 Å². The number of carbonyl (C=O) groups is 3. The summed E-state index contributed by atoms with van der Waals surface area (Å²) in [5.74, 6) is -2.26. The Balaban J connectivity index is 1.72. The summed E-state index contributed by atoms with van der Waals surface area (Å²) in [7, 11) is 0. The molecule has 3 N–H and O–H groups in total. The first-order chi connectivity index (χ1) is 13.4. The number of carboxylic acids is 2. The van der Waals surface area contributed by atoms with Crippen LogP contribution in [0, 0.1) is 0 Å². The van der Waals surface area contributed by atoms with E-state index in [1.54, 1.807) is 0 Å². The van der Waals surface area contributed by atoms with Crippen molar-refractivity contribution >= 4 is 17.8 Å². The first-order valence-corrected chi connectivity index (χ1v) is 9.30. The summed E-state index contributed by atoms with van der Waals surface area (Å²) in [4.78, 5) is 33.8. The average Bonchev–Trinajstić information content (AvgIpc) is 3.40. The van der Waals surface area contributed by atoms with E-state index in [0.717, 1.165) is 16.7 Å². The predicted octanol–water partition coefficient (Wildman–Crippen LogP) is 3.43. The second-order valence-corrected chi connectivity index (χ2v) is 7.24. The van der Waals surface area contributed by atoms with Crippen LogP contribution >= 0.6 is 0 Å². The standard InChI is InChI=1S/C22H23NO5/c24-19(10-11-20(25)26)23-22(13-12-21(27)28)14-18(22)17-8-6-16(7-9-17)15-4-2-1-3-5-15/h1-9,18H,10-14H2,(H,23,24)(H,25,26)(H,27,28)/t18-,22?/m1/s1. The van der Waals surface area contributed by atoms with Gasteiger partial charge < -0.3 is 15.5 Å². The highest BCUT2D eigenvalue weighted by molar-refractivity contribution is 5.82. The van der Waals surface area contributed by atoms with Gasteiger partial charge >= 0.3 is 11.9 Å². The normalized spacial score (nSPS) is 20.4. The van der Waals surface area contributed by atoms with E-state index in [-0.39, 0.29) is 31.1 Å². The Hall–Kier alpha value is -3.15. The lowest BCUT2D eigenvalue weighted by Crippen LogP contribution is -2.39. The van der Waals surface area contributed by atoms with E-state index in [2.05, 4.69) is 5.32 Å². The van der Waals surface area contributed by atoms with Crippen molar-refractivity contribution in [3.8, 4) is 11.1 Å². The van der Waals surface area contributed by atoms with E-state index in [4.69, 9.17) is 10.2 Å². The summed E-state index contributed by atoms with van der Waals surface area (Å²) in [5.41, 5.74) is 2.64. The third-order valence-electron chi connectivity index (χ3n) is 5.23. The van der Waals surface area contributed by atoms with Gasteiger partial charge in [-0.1, -0.05) is 54.6 Å². The molecule has 3 rings (SSSR count). The molecule has 0 heterocycles. The molecule has 146 valence electrons. The van der Waals surface area contributed by atoms with Crippen LogP contribution in [-0.4, -0.2) is 33.6 Å². The highest BCUT2D eigenvalue weighted by Crippen LogP contribution is 2.54. The van der Waals surface area contributed by atoms with Gasteiger partial charge in [-0.2, -0.15) is 0 Å². The van der Waals surface area contributed by atoms with Gasteiger partial charge in [0.25, 0.3) is 0 Å². The molecule has 6 heteroatoms. The van der Waals surface area contributed by atoms with Crippen molar-refractivity contribution in [2.24, 2.45) is 0 Å². The number of nitrogens with one attached hydrogen (secondary N) is 1. The minimum Gasteiger partial charge on any atom is -0.481 e. The molecule has 1 aliphatic carbocycles. The van der Waals surface area contributed by atoms with Crippen molar-refractivity contribution in [1.82, 2.24) is 5.32 Å². The monoisotopic (exact) mass is 381 g/mol. The minimum atomic E-state index is -1.03. The molecule has 2 atom stereocenters. The number of amides is 1. The highest BCUT2D eigenvalue weighted by atomic mass is 16.4. The summed E-state index contributed by atoms with van der Waals surface area (Å²) < 4.78 is 0. The molecule has 2 aromatic rings. The molecular weight excluding hydrogens is 358 g/mol. The van der Waals surface area contributed by atoms with Gasteiger partial charge in [0, 0.05) is 24.3 Å². The quantitative estimate of drug-likeness (QED) is 0.617. The highest BCUT2D eigenvalue weighted by Gasteiger charge is 2.55. The van der Waals surface area contributed by atoms with Gasteiger partial charge in [-0.25, -0.2) is 0 Å². The summed E-state index contributed by atoms with van der Waals surface area (Å²) in [6, 6.07) is 18.1. The van der Waals surface area contributed by atoms with Gasteiger partial charge in [0.15, 0.2) is 0 Å². The molecule has 1 saturated carbocycles. The van der Waals surface area contributed by atoms with Crippen LogP contribution in [0.15, 0.2) is 54.6 Å². The Morgan fingerprint density at radius 1 is 0.857 bits per heavy atom. The van der Waals surface area contributed by atoms with E-state index >= 15 is 0 Å². The van der Waals surface area contributed by atoms with Gasteiger partial charge in [-0.3, -0.25) is 14.4 Å². The van der Waals surface area contributed by atoms with Crippen LogP contribution in [0.1, 0.15) is 43.6 Å². The third kappa shape index (κ3) is 4.76. The fraction of sp³-hybridized carbons (Fsp3) is 0.318. The van der Waals surface area contributed by atoms with Crippen molar-refractivity contribution in [3.63, 3.8) is 0 Å². The number of hydrogen-bond acceptors (Lipinski definition) is 3. The number of carbonyl (C=O) groups excluding carboxylic acids is 1. The number of carboxylic acid groups (broad SMARTS) is 2. The maximum absolute atomic E-state index is 12.1. The molecule has 0 aromatic heterocycles. The van der Waals surface area contributed by atoms with Gasteiger partial charge in [-0.05, 0) is 29.5 Å². The van der Waals surface area contributed by atoms with Crippen LogP contribution < -0.4 is 5.32 Å². The fourth-order valence-corrected chi connectivity index (χ4v) is 3.65. The summed E-state index contributed by atoms with van der Waals surface area (Å²) in [6.45, 7) is 0. The Morgan fingerprint density at radius 3 is 2.07 bits per heavy atom. The smallest absolute Gasteiger partial charge is 0.303 e. The summed E-state index contributed by atoms with van der Waals surface area (Å²) in [5, 5.41) is 20.7. The molecule has 28 heavy (non-hydrogen) atoms. The van der Waals surface area contributed by atoms with E-state index in [0.29, 0.717) is 12.8 Å². The molecule has 1 aliphatic rings. The Bertz CT molecular complexity index is 862. The molecule has 0 radical (unpaired) electrons. The topological polar surface area (TPSA) is 104 Å². The molecule has 6 nitrogen and oxygen atoms in total. The van der Waals surface area contributed by atoms with Crippen molar-refractivity contribution in [2.45, 2.75) is 43.6 Å². The maximum Gasteiger partial charge on any atom is 0.303 e. The van der Waals surface area contributed by atoms with Crippen molar-refractivity contribution in [2.75, 3.05) is 0 Å². The van der Waals surface area contributed by atoms with Crippen LogP contribution in [0.5, 0.6) is 0 Å². The zero-order chi connectivity index (χ0) is 20.1.